The number of nitrogens with one attached hydrogen (secondary N) is 4. The van der Waals surface area contributed by atoms with Gasteiger partial charge in [-0.2, -0.15) is 0 Å². The molecule has 1 aliphatic heterocycles. The van der Waals surface area contributed by atoms with E-state index in [-0.39, 0.29) is 37.3 Å². The molecule has 3 aromatic rings. The van der Waals surface area contributed by atoms with E-state index in [4.69, 9.17) is 4.74 Å². The third-order valence-corrected chi connectivity index (χ3v) is 10.8. The summed E-state index contributed by atoms with van der Waals surface area (Å²) in [5, 5.41) is 22.5. The zero-order chi connectivity index (χ0) is 35.9. The molecule has 1 aliphatic carbocycles. The Bertz CT molecular complexity index is 1870. The Morgan fingerprint density at radius 3 is 2.24 bits per heavy atom. The molecule has 2 aliphatic rings. The summed E-state index contributed by atoms with van der Waals surface area (Å²) >= 11 is 0. The highest BCUT2D eigenvalue weighted by Crippen LogP contribution is 2.47. The number of hydrogen-bond acceptors (Lipinski definition) is 7. The number of Topliss-reactive ketones (excluding diaryl/α,β-unsaturated/α-hetero) is 1. The van der Waals surface area contributed by atoms with Gasteiger partial charge in [0.2, 0.25) is 5.91 Å². The minimum absolute atomic E-state index is 0.0850. The van der Waals surface area contributed by atoms with Gasteiger partial charge < -0.3 is 35.2 Å². The van der Waals surface area contributed by atoms with Crippen LogP contribution in [-0.2, 0) is 44.8 Å². The van der Waals surface area contributed by atoms with Gasteiger partial charge in [-0.05, 0) is 86.3 Å². The highest BCUT2D eigenvalue weighted by atomic mass is 16.5. The third-order valence-electron chi connectivity index (χ3n) is 10.8. The lowest BCUT2D eigenvalue weighted by Crippen LogP contribution is -2.31. The van der Waals surface area contributed by atoms with Crippen molar-refractivity contribution in [2.45, 2.75) is 92.0 Å². The number of aliphatic hydroxyl groups excluding tert-OH is 1. The van der Waals surface area contributed by atoms with Crippen LogP contribution in [0.25, 0.3) is 0 Å². The number of aromatic nitrogens is 3. The number of H-pyrrole nitrogens is 3. The maximum atomic E-state index is 14.1. The number of aliphatic hydroxyl groups is 1. The Morgan fingerprint density at radius 1 is 0.939 bits per heavy atom. The van der Waals surface area contributed by atoms with Crippen molar-refractivity contribution in [3.8, 4) is 0 Å². The van der Waals surface area contributed by atoms with Gasteiger partial charge in [0.1, 0.15) is 5.92 Å². The summed E-state index contributed by atoms with van der Waals surface area (Å²) in [6, 6.07) is -0.265. The van der Waals surface area contributed by atoms with E-state index in [0.29, 0.717) is 58.7 Å². The first-order chi connectivity index (χ1) is 23.3. The monoisotopic (exact) mass is 674 g/mol. The number of carbonyl (C=O) groups is 5. The molecule has 4 atom stereocenters. The molecule has 12 heteroatoms. The second-order valence-corrected chi connectivity index (χ2v) is 13.4. The minimum Gasteiger partial charge on any atom is -0.481 e. The molecule has 2 unspecified atom stereocenters. The quantitative estimate of drug-likeness (QED) is 0.0836. The van der Waals surface area contributed by atoms with Crippen molar-refractivity contribution < 1.29 is 38.9 Å². The number of carboxylic acids is 1. The van der Waals surface area contributed by atoms with Crippen molar-refractivity contribution in [3.63, 3.8) is 0 Å². The van der Waals surface area contributed by atoms with Crippen molar-refractivity contribution in [1.29, 1.82) is 0 Å². The number of aldehydes is 1. The molecule has 6 N–H and O–H groups in total. The highest BCUT2D eigenvalue weighted by Gasteiger charge is 2.50. The second-order valence-electron chi connectivity index (χ2n) is 13.4. The van der Waals surface area contributed by atoms with E-state index in [9.17, 15) is 34.2 Å². The maximum Gasteiger partial charge on any atom is 0.317 e. The maximum absolute atomic E-state index is 14.1. The number of esters is 1. The van der Waals surface area contributed by atoms with Gasteiger partial charge in [0.25, 0.3) is 0 Å². The topological polar surface area (TPSA) is 194 Å². The van der Waals surface area contributed by atoms with E-state index >= 15 is 0 Å². The van der Waals surface area contributed by atoms with Crippen LogP contribution in [0.1, 0.15) is 117 Å². The van der Waals surface area contributed by atoms with Crippen LogP contribution in [0.5, 0.6) is 0 Å². The molecule has 0 fully saturated rings. The molecule has 0 radical (unpaired) electrons. The van der Waals surface area contributed by atoms with Crippen molar-refractivity contribution in [3.05, 3.63) is 78.7 Å². The van der Waals surface area contributed by atoms with E-state index in [1.807, 2.05) is 41.5 Å². The van der Waals surface area contributed by atoms with Gasteiger partial charge in [-0.3, -0.25) is 24.0 Å². The largest absolute Gasteiger partial charge is 0.481 e. The van der Waals surface area contributed by atoms with Crippen LogP contribution >= 0.6 is 0 Å². The summed E-state index contributed by atoms with van der Waals surface area (Å²) in [7, 11) is 1.24. The average molecular weight is 675 g/mol. The number of rotatable bonds is 14. The summed E-state index contributed by atoms with van der Waals surface area (Å²) in [5.41, 5.74) is 9.68. The van der Waals surface area contributed by atoms with Crippen LogP contribution in [-0.4, -0.2) is 74.8 Å². The summed E-state index contributed by atoms with van der Waals surface area (Å²) in [5.74, 6) is -4.05. The SMILES string of the molecule is CCC(C)C1=C(C)C(Cc2[nH]c([C@@H]3c4[nH]c(Cc5[nH]c(C=O)c(C)c5CCO)c(C)c4C(=O)[C@H]3C(=O)OC)c(CCC(=O)O)c2C)NC1=O. The van der Waals surface area contributed by atoms with E-state index < -0.39 is 29.6 Å². The zero-order valence-corrected chi connectivity index (χ0v) is 29.2. The Labute approximate surface area is 285 Å². The molecule has 12 nitrogen and oxygen atoms in total. The first-order valence-corrected chi connectivity index (χ1v) is 16.8. The predicted octanol–water partition coefficient (Wildman–Crippen LogP) is 4.07. The molecule has 3 aromatic heterocycles. The number of methoxy groups -OCH3 is 1. The lowest BCUT2D eigenvalue weighted by Gasteiger charge is -2.19. The van der Waals surface area contributed by atoms with Crippen LogP contribution in [0.4, 0.5) is 0 Å². The van der Waals surface area contributed by atoms with Crippen LogP contribution in [0, 0.1) is 32.6 Å². The Hall–Kier alpha value is -4.71. The van der Waals surface area contributed by atoms with Gasteiger partial charge in [-0.1, -0.05) is 13.8 Å². The van der Waals surface area contributed by atoms with Crippen molar-refractivity contribution in [2.75, 3.05) is 13.7 Å². The van der Waals surface area contributed by atoms with Crippen LogP contribution in [0.15, 0.2) is 11.1 Å². The Kier molecular flexibility index (Phi) is 10.2. The van der Waals surface area contributed by atoms with Gasteiger partial charge in [0, 0.05) is 65.5 Å². The Balaban J connectivity index is 1.63. The summed E-state index contributed by atoms with van der Waals surface area (Å²) in [6.07, 6.45) is 2.66. The third kappa shape index (κ3) is 6.18. The molecular weight excluding hydrogens is 628 g/mol. The number of aliphatic carboxylic acids is 1. The van der Waals surface area contributed by atoms with Crippen LogP contribution in [0.2, 0.25) is 0 Å². The normalized spacial score (nSPS) is 19.4. The Morgan fingerprint density at radius 2 is 1.63 bits per heavy atom. The summed E-state index contributed by atoms with van der Waals surface area (Å²) < 4.78 is 5.15. The molecular formula is C37H46N4O8. The number of aromatic amines is 3. The van der Waals surface area contributed by atoms with Crippen molar-refractivity contribution in [1.82, 2.24) is 20.3 Å². The van der Waals surface area contributed by atoms with Crippen molar-refractivity contribution >= 4 is 29.9 Å². The fraction of sp³-hybridized carbons (Fsp3) is 0.486. The van der Waals surface area contributed by atoms with E-state index in [2.05, 4.69) is 20.3 Å². The average Bonchev–Trinajstić information content (AvgIpc) is 3.81. The van der Waals surface area contributed by atoms with E-state index in [1.165, 1.54) is 7.11 Å². The number of hydrogen-bond donors (Lipinski definition) is 6. The summed E-state index contributed by atoms with van der Waals surface area (Å²) in [6.45, 7) is 11.5. The molecule has 0 bridgehead atoms. The molecule has 5 rings (SSSR count). The van der Waals surface area contributed by atoms with E-state index in [0.717, 1.165) is 51.9 Å². The van der Waals surface area contributed by atoms with Gasteiger partial charge >= 0.3 is 11.9 Å². The first-order valence-electron chi connectivity index (χ1n) is 16.8. The number of fused-ring (bicyclic) bond motifs is 1. The standard InChI is InChI=1S/C37H46N4O8/c1-8-16(2)29-19(5)25(41-36(29)47)13-23-18(4)22(9-10-28(44)45)33(39-23)31-32(37(48)49-7)35(46)30-20(6)24(40-34(30)31)14-26-21(11-12-42)17(3)27(15-43)38-26/h15-16,25,31-32,38-40,42H,8-14H2,1-7H3,(H,41,47)(H,44,45)/t16?,25?,31-,32+/m1/s1. The molecule has 0 aromatic carbocycles. The second kappa shape index (κ2) is 14.0. The van der Waals surface area contributed by atoms with Gasteiger partial charge in [0.15, 0.2) is 12.1 Å². The zero-order valence-electron chi connectivity index (χ0n) is 29.2. The molecule has 4 heterocycles. The van der Waals surface area contributed by atoms with Crippen LogP contribution in [0.3, 0.4) is 0 Å². The molecule has 49 heavy (non-hydrogen) atoms. The smallest absolute Gasteiger partial charge is 0.317 e. The molecule has 0 saturated heterocycles. The molecule has 1 amide bonds. The number of amides is 1. The molecule has 262 valence electrons. The fourth-order valence-corrected chi connectivity index (χ4v) is 7.85. The van der Waals surface area contributed by atoms with Crippen molar-refractivity contribution in [2.24, 2.45) is 11.8 Å². The highest BCUT2D eigenvalue weighted by molar-refractivity contribution is 6.14. The minimum atomic E-state index is -1.20. The fourth-order valence-electron chi connectivity index (χ4n) is 7.85. The first kappa shape index (κ1) is 35.6. The lowest BCUT2D eigenvalue weighted by atomic mass is 9.87. The molecule has 0 saturated carbocycles. The van der Waals surface area contributed by atoms with Crippen LogP contribution < -0.4 is 5.32 Å². The lowest BCUT2D eigenvalue weighted by molar-refractivity contribution is -0.144. The number of carboxylic acid groups (broad SMARTS) is 1. The van der Waals surface area contributed by atoms with Gasteiger partial charge in [-0.15, -0.1) is 0 Å². The van der Waals surface area contributed by atoms with Gasteiger partial charge in [-0.25, -0.2) is 0 Å². The van der Waals surface area contributed by atoms with E-state index in [1.54, 1.807) is 0 Å². The summed E-state index contributed by atoms with van der Waals surface area (Å²) in [4.78, 5) is 74.0. The van der Waals surface area contributed by atoms with Gasteiger partial charge in [0.05, 0.1) is 24.8 Å². The number of carbonyl (C=O) groups excluding carboxylic acids is 4. The predicted molar refractivity (Wildman–Crippen MR) is 181 cm³/mol. The number of ketones is 1. The number of ether oxygens (including phenoxy) is 1. The molecule has 0 spiro atoms.